The zero-order valence-corrected chi connectivity index (χ0v) is 8.06. The van der Waals surface area contributed by atoms with Gasteiger partial charge < -0.3 is 10.4 Å². The van der Waals surface area contributed by atoms with E-state index >= 15 is 0 Å². The number of hydrogen-bond acceptors (Lipinski definition) is 4. The van der Waals surface area contributed by atoms with E-state index in [1.54, 1.807) is 10.9 Å². The van der Waals surface area contributed by atoms with Crippen LogP contribution >= 0.6 is 0 Å². The SMILES string of the molecule is CC[C@H](CO)NCc1cnnn1C. The molecule has 0 aliphatic carbocycles. The highest BCUT2D eigenvalue weighted by Crippen LogP contribution is 1.95. The van der Waals surface area contributed by atoms with E-state index in [4.69, 9.17) is 5.11 Å². The van der Waals surface area contributed by atoms with Gasteiger partial charge in [0, 0.05) is 19.6 Å². The number of hydrogen-bond donors (Lipinski definition) is 2. The van der Waals surface area contributed by atoms with Crippen LogP contribution in [0.4, 0.5) is 0 Å². The first-order valence-corrected chi connectivity index (χ1v) is 4.45. The van der Waals surface area contributed by atoms with E-state index < -0.39 is 0 Å². The summed E-state index contributed by atoms with van der Waals surface area (Å²) < 4.78 is 1.72. The Hall–Kier alpha value is -0.940. The minimum atomic E-state index is 0.162. The summed E-state index contributed by atoms with van der Waals surface area (Å²) in [6.45, 7) is 2.90. The van der Waals surface area contributed by atoms with Crippen molar-refractivity contribution in [3.63, 3.8) is 0 Å². The van der Waals surface area contributed by atoms with Gasteiger partial charge in [-0.05, 0) is 6.42 Å². The van der Waals surface area contributed by atoms with Crippen molar-refractivity contribution >= 4 is 0 Å². The number of aryl methyl sites for hydroxylation is 1. The average Bonchev–Trinajstić information content (AvgIpc) is 2.54. The van der Waals surface area contributed by atoms with E-state index in [0.717, 1.165) is 12.1 Å². The second-order valence-corrected chi connectivity index (χ2v) is 3.02. The first kappa shape index (κ1) is 10.1. The van der Waals surface area contributed by atoms with E-state index in [1.807, 2.05) is 14.0 Å². The summed E-state index contributed by atoms with van der Waals surface area (Å²) in [5, 5.41) is 19.7. The van der Waals surface area contributed by atoms with Crippen molar-refractivity contribution in [3.8, 4) is 0 Å². The maximum absolute atomic E-state index is 8.92. The summed E-state index contributed by atoms with van der Waals surface area (Å²) in [6, 6.07) is 0.162. The van der Waals surface area contributed by atoms with E-state index in [1.165, 1.54) is 0 Å². The maximum Gasteiger partial charge on any atom is 0.0738 e. The molecule has 0 aromatic carbocycles. The van der Waals surface area contributed by atoms with Crippen LogP contribution in [0.15, 0.2) is 6.20 Å². The molecule has 0 radical (unpaired) electrons. The Labute approximate surface area is 77.8 Å². The van der Waals surface area contributed by atoms with Crippen molar-refractivity contribution < 1.29 is 5.11 Å². The Balaban J connectivity index is 2.38. The number of rotatable bonds is 5. The molecule has 1 aromatic heterocycles. The molecule has 1 aromatic rings. The first-order valence-electron chi connectivity index (χ1n) is 4.45. The molecule has 1 rings (SSSR count). The van der Waals surface area contributed by atoms with Crippen LogP contribution < -0.4 is 5.32 Å². The lowest BCUT2D eigenvalue weighted by Gasteiger charge is -2.13. The Morgan fingerprint density at radius 3 is 2.92 bits per heavy atom. The third-order valence-corrected chi connectivity index (χ3v) is 2.09. The highest BCUT2D eigenvalue weighted by atomic mass is 16.3. The zero-order chi connectivity index (χ0) is 9.68. The third-order valence-electron chi connectivity index (χ3n) is 2.09. The molecule has 74 valence electrons. The lowest BCUT2D eigenvalue weighted by Crippen LogP contribution is -2.31. The van der Waals surface area contributed by atoms with Gasteiger partial charge in [0.25, 0.3) is 0 Å². The molecule has 1 atom stereocenters. The van der Waals surface area contributed by atoms with Crippen molar-refractivity contribution in [2.45, 2.75) is 25.9 Å². The molecule has 0 saturated heterocycles. The smallest absolute Gasteiger partial charge is 0.0738 e. The lowest BCUT2D eigenvalue weighted by atomic mass is 10.2. The molecular weight excluding hydrogens is 168 g/mol. The second-order valence-electron chi connectivity index (χ2n) is 3.02. The van der Waals surface area contributed by atoms with Crippen LogP contribution in [0.3, 0.4) is 0 Å². The summed E-state index contributed by atoms with van der Waals surface area (Å²) in [5.41, 5.74) is 1.02. The van der Waals surface area contributed by atoms with E-state index in [9.17, 15) is 0 Å². The van der Waals surface area contributed by atoms with E-state index in [-0.39, 0.29) is 12.6 Å². The van der Waals surface area contributed by atoms with Gasteiger partial charge in [0.2, 0.25) is 0 Å². The number of aromatic nitrogens is 3. The van der Waals surface area contributed by atoms with Gasteiger partial charge in [-0.2, -0.15) is 0 Å². The molecule has 0 saturated carbocycles. The predicted octanol–water partition coefficient (Wildman–Crippen LogP) is -0.324. The van der Waals surface area contributed by atoms with Crippen LogP contribution in [-0.4, -0.2) is 32.7 Å². The molecule has 5 heteroatoms. The van der Waals surface area contributed by atoms with Crippen LogP contribution in [0.2, 0.25) is 0 Å². The van der Waals surface area contributed by atoms with Gasteiger partial charge in [0.1, 0.15) is 0 Å². The fraction of sp³-hybridized carbons (Fsp3) is 0.750. The molecule has 13 heavy (non-hydrogen) atoms. The third kappa shape index (κ3) is 2.78. The van der Waals surface area contributed by atoms with Gasteiger partial charge in [-0.25, -0.2) is 0 Å². The van der Waals surface area contributed by atoms with Crippen molar-refractivity contribution in [1.82, 2.24) is 20.3 Å². The Morgan fingerprint density at radius 1 is 1.69 bits per heavy atom. The van der Waals surface area contributed by atoms with Crippen molar-refractivity contribution in [3.05, 3.63) is 11.9 Å². The van der Waals surface area contributed by atoms with Crippen molar-refractivity contribution in [2.24, 2.45) is 7.05 Å². The molecule has 0 fully saturated rings. The topological polar surface area (TPSA) is 63.0 Å². The Bertz CT molecular complexity index is 244. The van der Waals surface area contributed by atoms with E-state index in [0.29, 0.717) is 6.54 Å². The van der Waals surface area contributed by atoms with Gasteiger partial charge in [-0.3, -0.25) is 4.68 Å². The number of nitrogens with one attached hydrogen (secondary N) is 1. The summed E-state index contributed by atoms with van der Waals surface area (Å²) in [7, 11) is 1.85. The molecule has 0 unspecified atom stereocenters. The first-order chi connectivity index (χ1) is 6.27. The Morgan fingerprint density at radius 2 is 2.46 bits per heavy atom. The molecule has 0 amide bonds. The summed E-state index contributed by atoms with van der Waals surface area (Å²) >= 11 is 0. The van der Waals surface area contributed by atoms with Gasteiger partial charge in [0.15, 0.2) is 0 Å². The van der Waals surface area contributed by atoms with Crippen LogP contribution in [0.25, 0.3) is 0 Å². The molecule has 0 aliphatic heterocycles. The van der Waals surface area contributed by atoms with Crippen LogP contribution in [0.5, 0.6) is 0 Å². The van der Waals surface area contributed by atoms with Crippen LogP contribution in [0.1, 0.15) is 19.0 Å². The molecule has 0 bridgehead atoms. The molecule has 1 heterocycles. The molecular formula is C8H16N4O. The molecule has 0 aliphatic rings. The number of nitrogens with zero attached hydrogens (tertiary/aromatic N) is 3. The Kier molecular flexibility index (Phi) is 3.85. The lowest BCUT2D eigenvalue weighted by molar-refractivity contribution is 0.237. The fourth-order valence-corrected chi connectivity index (χ4v) is 1.06. The molecule has 5 nitrogen and oxygen atoms in total. The predicted molar refractivity (Wildman–Crippen MR) is 49.0 cm³/mol. The highest BCUT2D eigenvalue weighted by molar-refractivity contribution is 4.92. The van der Waals surface area contributed by atoms with Crippen LogP contribution in [0, 0.1) is 0 Å². The molecule has 2 N–H and O–H groups in total. The van der Waals surface area contributed by atoms with Gasteiger partial charge in [-0.1, -0.05) is 12.1 Å². The van der Waals surface area contributed by atoms with Gasteiger partial charge >= 0.3 is 0 Å². The minimum absolute atomic E-state index is 0.162. The van der Waals surface area contributed by atoms with Gasteiger partial charge in [-0.15, -0.1) is 5.10 Å². The number of aliphatic hydroxyl groups excluding tert-OH is 1. The van der Waals surface area contributed by atoms with Crippen molar-refractivity contribution in [1.29, 1.82) is 0 Å². The van der Waals surface area contributed by atoms with Gasteiger partial charge in [0.05, 0.1) is 18.5 Å². The monoisotopic (exact) mass is 184 g/mol. The number of aliphatic hydroxyl groups is 1. The quantitative estimate of drug-likeness (QED) is 0.658. The maximum atomic E-state index is 8.92. The summed E-state index contributed by atoms with van der Waals surface area (Å²) in [6.07, 6.45) is 2.64. The standard InChI is InChI=1S/C8H16N4O/c1-3-7(6-13)9-4-8-5-10-11-12(8)2/h5,7,9,13H,3-4,6H2,1-2H3/t7-/m1/s1. The second kappa shape index (κ2) is 4.94. The zero-order valence-electron chi connectivity index (χ0n) is 8.06. The summed E-state index contributed by atoms with van der Waals surface area (Å²) in [4.78, 5) is 0. The normalized spacial score (nSPS) is 13.2. The fourth-order valence-electron chi connectivity index (χ4n) is 1.06. The van der Waals surface area contributed by atoms with Crippen molar-refractivity contribution in [2.75, 3.05) is 6.61 Å². The van der Waals surface area contributed by atoms with E-state index in [2.05, 4.69) is 15.6 Å². The minimum Gasteiger partial charge on any atom is -0.395 e. The molecule has 0 spiro atoms. The highest BCUT2D eigenvalue weighted by Gasteiger charge is 2.05. The largest absolute Gasteiger partial charge is 0.395 e. The van der Waals surface area contributed by atoms with Crippen LogP contribution in [-0.2, 0) is 13.6 Å². The summed E-state index contributed by atoms with van der Waals surface area (Å²) in [5.74, 6) is 0. The average molecular weight is 184 g/mol.